The maximum absolute atomic E-state index is 12.1. The number of halogens is 1. The zero-order valence-corrected chi connectivity index (χ0v) is 12.2. The number of rotatable bonds is 5. The largest absolute Gasteiger partial charge is 0.349 e. The average molecular weight is 269 g/mol. The highest BCUT2D eigenvalue weighted by Crippen LogP contribution is 2.17. The van der Waals surface area contributed by atoms with Gasteiger partial charge in [0.1, 0.15) is 0 Å². The Labute approximate surface area is 114 Å². The van der Waals surface area contributed by atoms with Gasteiger partial charge in [0.15, 0.2) is 0 Å². The molecule has 0 aliphatic rings. The Hall–Kier alpha value is -1.06. The van der Waals surface area contributed by atoms with E-state index in [2.05, 4.69) is 10.2 Å². The molecule has 3 nitrogen and oxygen atoms in total. The minimum Gasteiger partial charge on any atom is -0.349 e. The molecular weight excluding hydrogens is 248 g/mol. The average Bonchev–Trinajstić information content (AvgIpc) is 2.29. The summed E-state index contributed by atoms with van der Waals surface area (Å²) in [5.41, 5.74) is 1.58. The molecule has 0 bridgehead atoms. The topological polar surface area (TPSA) is 32.3 Å². The molecule has 1 N–H and O–H groups in total. The van der Waals surface area contributed by atoms with Crippen molar-refractivity contribution in [3.8, 4) is 0 Å². The summed E-state index contributed by atoms with van der Waals surface area (Å²) in [7, 11) is 4.04. The Morgan fingerprint density at radius 3 is 2.72 bits per heavy atom. The lowest BCUT2D eigenvalue weighted by Gasteiger charge is -2.17. The second-order valence-electron chi connectivity index (χ2n) is 4.95. The summed E-state index contributed by atoms with van der Waals surface area (Å²) in [5, 5.41) is 3.47. The number of hydrogen-bond acceptors (Lipinski definition) is 2. The molecule has 1 aromatic carbocycles. The van der Waals surface area contributed by atoms with Crippen LogP contribution in [0.2, 0.25) is 5.02 Å². The second kappa shape index (κ2) is 6.76. The lowest BCUT2D eigenvalue weighted by molar-refractivity contribution is 0.0937. The first kappa shape index (κ1) is 15.0. The Bertz CT molecular complexity index is 418. The molecule has 1 amide bonds. The number of carbonyl (C=O) groups excluding carboxylic acids is 1. The molecule has 1 aromatic rings. The fourth-order valence-corrected chi connectivity index (χ4v) is 1.84. The summed E-state index contributed by atoms with van der Waals surface area (Å²) >= 11 is 6.03. The molecule has 0 heterocycles. The maximum atomic E-state index is 12.1. The molecule has 18 heavy (non-hydrogen) atoms. The van der Waals surface area contributed by atoms with E-state index in [1.54, 1.807) is 6.07 Å². The van der Waals surface area contributed by atoms with E-state index in [1.165, 1.54) is 0 Å². The zero-order chi connectivity index (χ0) is 13.7. The van der Waals surface area contributed by atoms with Crippen molar-refractivity contribution in [3.63, 3.8) is 0 Å². The molecule has 1 atom stereocenters. The van der Waals surface area contributed by atoms with Crippen LogP contribution in [-0.2, 0) is 0 Å². The van der Waals surface area contributed by atoms with Crippen LogP contribution in [0, 0.1) is 6.92 Å². The smallest absolute Gasteiger partial charge is 0.253 e. The van der Waals surface area contributed by atoms with Gasteiger partial charge in [-0.05, 0) is 53.0 Å². The predicted molar refractivity (Wildman–Crippen MR) is 76.3 cm³/mol. The van der Waals surface area contributed by atoms with Gasteiger partial charge in [0.05, 0.1) is 10.6 Å². The molecule has 0 radical (unpaired) electrons. The summed E-state index contributed by atoms with van der Waals surface area (Å²) in [4.78, 5) is 14.2. The molecule has 0 aliphatic heterocycles. The van der Waals surface area contributed by atoms with Crippen molar-refractivity contribution in [1.29, 1.82) is 0 Å². The molecular formula is C14H21ClN2O. The fourth-order valence-electron chi connectivity index (χ4n) is 1.64. The molecule has 0 spiro atoms. The SMILES string of the molecule is Cc1ccc(Cl)c(C(=O)NC(C)CCN(C)C)c1. The number of aryl methyl sites for hydroxylation is 1. The van der Waals surface area contributed by atoms with Gasteiger partial charge < -0.3 is 10.2 Å². The first-order valence-corrected chi connectivity index (χ1v) is 6.49. The maximum Gasteiger partial charge on any atom is 0.253 e. The van der Waals surface area contributed by atoms with Gasteiger partial charge in [-0.1, -0.05) is 23.2 Å². The van der Waals surface area contributed by atoms with E-state index in [-0.39, 0.29) is 11.9 Å². The van der Waals surface area contributed by atoms with Crippen molar-refractivity contribution in [1.82, 2.24) is 10.2 Å². The van der Waals surface area contributed by atoms with Crippen molar-refractivity contribution < 1.29 is 4.79 Å². The monoisotopic (exact) mass is 268 g/mol. The Morgan fingerprint density at radius 1 is 1.44 bits per heavy atom. The summed E-state index contributed by atoms with van der Waals surface area (Å²) < 4.78 is 0. The second-order valence-corrected chi connectivity index (χ2v) is 5.36. The first-order valence-electron chi connectivity index (χ1n) is 6.12. The lowest BCUT2D eigenvalue weighted by atomic mass is 10.1. The molecule has 100 valence electrons. The molecule has 0 aromatic heterocycles. The normalized spacial score (nSPS) is 12.6. The van der Waals surface area contributed by atoms with Crippen molar-refractivity contribution >= 4 is 17.5 Å². The summed E-state index contributed by atoms with van der Waals surface area (Å²) in [6.07, 6.45) is 0.919. The van der Waals surface area contributed by atoms with Gasteiger partial charge in [0.2, 0.25) is 0 Å². The van der Waals surface area contributed by atoms with Crippen molar-refractivity contribution in [2.45, 2.75) is 26.3 Å². The highest BCUT2D eigenvalue weighted by molar-refractivity contribution is 6.33. The standard InChI is InChI=1S/C14H21ClN2O/c1-10-5-6-13(15)12(9-10)14(18)16-11(2)7-8-17(3)4/h5-6,9,11H,7-8H2,1-4H3,(H,16,18). The Kier molecular flexibility index (Phi) is 5.63. The summed E-state index contributed by atoms with van der Waals surface area (Å²) in [6.45, 7) is 4.90. The molecule has 0 aliphatic carbocycles. The first-order chi connectivity index (χ1) is 8.40. The van der Waals surface area contributed by atoms with Crippen molar-refractivity contribution in [2.24, 2.45) is 0 Å². The predicted octanol–water partition coefficient (Wildman–Crippen LogP) is 2.72. The van der Waals surface area contributed by atoms with Crippen molar-refractivity contribution in [3.05, 3.63) is 34.3 Å². The number of amides is 1. The van der Waals surface area contributed by atoms with Crippen LogP contribution < -0.4 is 5.32 Å². The number of hydrogen-bond donors (Lipinski definition) is 1. The minimum atomic E-state index is -0.102. The van der Waals surface area contributed by atoms with Crippen LogP contribution in [0.5, 0.6) is 0 Å². The molecule has 1 rings (SSSR count). The van der Waals surface area contributed by atoms with E-state index in [1.807, 2.05) is 40.1 Å². The zero-order valence-electron chi connectivity index (χ0n) is 11.5. The van der Waals surface area contributed by atoms with Crippen LogP contribution in [0.1, 0.15) is 29.3 Å². The van der Waals surface area contributed by atoms with Gasteiger partial charge in [-0.2, -0.15) is 0 Å². The fraction of sp³-hybridized carbons (Fsp3) is 0.500. The van der Waals surface area contributed by atoms with E-state index in [9.17, 15) is 4.79 Å². The number of benzene rings is 1. The molecule has 4 heteroatoms. The highest BCUT2D eigenvalue weighted by Gasteiger charge is 2.13. The minimum absolute atomic E-state index is 0.102. The van der Waals surface area contributed by atoms with Gasteiger partial charge in [-0.25, -0.2) is 0 Å². The molecule has 0 saturated carbocycles. The summed E-state index contributed by atoms with van der Waals surface area (Å²) in [6, 6.07) is 5.61. The van der Waals surface area contributed by atoms with Gasteiger partial charge in [-0.15, -0.1) is 0 Å². The van der Waals surface area contributed by atoms with E-state index in [4.69, 9.17) is 11.6 Å². The van der Waals surface area contributed by atoms with E-state index < -0.39 is 0 Å². The van der Waals surface area contributed by atoms with E-state index in [0.717, 1.165) is 18.5 Å². The number of nitrogens with zero attached hydrogens (tertiary/aromatic N) is 1. The third-order valence-corrected chi connectivity index (χ3v) is 3.08. The van der Waals surface area contributed by atoms with Crippen LogP contribution in [0.4, 0.5) is 0 Å². The van der Waals surface area contributed by atoms with Gasteiger partial charge in [0.25, 0.3) is 5.91 Å². The molecule has 1 unspecified atom stereocenters. The summed E-state index contributed by atoms with van der Waals surface area (Å²) in [5.74, 6) is -0.102. The third kappa shape index (κ3) is 4.67. The number of nitrogens with one attached hydrogen (secondary N) is 1. The lowest BCUT2D eigenvalue weighted by Crippen LogP contribution is -2.34. The van der Waals surface area contributed by atoms with Crippen LogP contribution in [0.15, 0.2) is 18.2 Å². The quantitative estimate of drug-likeness (QED) is 0.891. The van der Waals surface area contributed by atoms with Crippen LogP contribution in [0.25, 0.3) is 0 Å². The van der Waals surface area contributed by atoms with E-state index >= 15 is 0 Å². The van der Waals surface area contributed by atoms with Gasteiger partial charge >= 0.3 is 0 Å². The molecule has 0 saturated heterocycles. The Balaban J connectivity index is 2.62. The van der Waals surface area contributed by atoms with Crippen LogP contribution in [0.3, 0.4) is 0 Å². The van der Waals surface area contributed by atoms with Crippen LogP contribution in [-0.4, -0.2) is 37.5 Å². The Morgan fingerprint density at radius 2 is 2.11 bits per heavy atom. The molecule has 0 fully saturated rings. The van der Waals surface area contributed by atoms with Gasteiger partial charge in [-0.3, -0.25) is 4.79 Å². The third-order valence-electron chi connectivity index (χ3n) is 2.75. The number of carbonyl (C=O) groups is 1. The van der Waals surface area contributed by atoms with Crippen molar-refractivity contribution in [2.75, 3.05) is 20.6 Å². The van der Waals surface area contributed by atoms with E-state index in [0.29, 0.717) is 10.6 Å². The van der Waals surface area contributed by atoms with Crippen LogP contribution >= 0.6 is 11.6 Å². The van der Waals surface area contributed by atoms with Gasteiger partial charge in [0, 0.05) is 6.04 Å². The highest BCUT2D eigenvalue weighted by atomic mass is 35.5.